The van der Waals surface area contributed by atoms with Crippen molar-refractivity contribution in [1.82, 2.24) is 0 Å². The van der Waals surface area contributed by atoms with Gasteiger partial charge in [-0.1, -0.05) is 212 Å². The highest BCUT2D eigenvalue weighted by atomic mass is 16.3. The van der Waals surface area contributed by atoms with Crippen LogP contribution in [-0.2, 0) is 0 Å². The molecule has 0 aliphatic heterocycles. The summed E-state index contributed by atoms with van der Waals surface area (Å²) in [4.78, 5) is 2.37. The number of fused-ring (bicyclic) bond motifs is 7. The summed E-state index contributed by atoms with van der Waals surface area (Å²) in [6.07, 6.45) is 0. The third kappa shape index (κ3) is 6.73. The Hall–Kier alpha value is -8.98. The summed E-state index contributed by atoms with van der Waals surface area (Å²) < 4.78 is 6.45. The lowest BCUT2D eigenvalue weighted by atomic mass is 9.84. The van der Waals surface area contributed by atoms with Gasteiger partial charge < -0.3 is 9.32 Å². The molecule has 2 nitrogen and oxygen atoms in total. The number of hydrogen-bond donors (Lipinski definition) is 0. The summed E-state index contributed by atoms with van der Waals surface area (Å²) in [6, 6.07) is 94.4. The van der Waals surface area contributed by atoms with Crippen LogP contribution in [0.3, 0.4) is 0 Å². The first-order valence-corrected chi connectivity index (χ1v) is 23.3. The number of rotatable bonds is 8. The summed E-state index contributed by atoms with van der Waals surface area (Å²) in [5.74, 6) is 0. The number of nitrogens with zero attached hydrogens (tertiary/aromatic N) is 1. The van der Waals surface area contributed by atoms with Crippen LogP contribution >= 0.6 is 0 Å². The van der Waals surface area contributed by atoms with Crippen LogP contribution in [0.5, 0.6) is 0 Å². The molecule has 0 aliphatic rings. The zero-order chi connectivity index (χ0) is 45.0. The van der Waals surface area contributed by atoms with Crippen LogP contribution in [0.25, 0.3) is 110 Å². The van der Waals surface area contributed by atoms with Crippen LogP contribution in [0.4, 0.5) is 17.1 Å². The zero-order valence-corrected chi connectivity index (χ0v) is 37.2. The Balaban J connectivity index is 0.920. The molecule has 0 radical (unpaired) electrons. The molecule has 0 bridgehead atoms. The van der Waals surface area contributed by atoms with E-state index in [1.165, 1.54) is 76.8 Å². The molecule has 0 amide bonds. The molecule has 0 atom stereocenters. The highest BCUT2D eigenvalue weighted by Crippen LogP contribution is 2.47. The van der Waals surface area contributed by atoms with Crippen molar-refractivity contribution >= 4 is 71.3 Å². The van der Waals surface area contributed by atoms with Crippen molar-refractivity contribution in [1.29, 1.82) is 0 Å². The number of para-hydroxylation sites is 1. The van der Waals surface area contributed by atoms with E-state index in [2.05, 4.69) is 260 Å². The van der Waals surface area contributed by atoms with E-state index >= 15 is 0 Å². The van der Waals surface area contributed by atoms with Crippen LogP contribution < -0.4 is 4.90 Å². The normalized spacial score (nSPS) is 11.5. The number of furan rings is 1. The second kappa shape index (κ2) is 16.5. The first kappa shape index (κ1) is 39.4. The Bertz CT molecular complexity index is 3980. The number of anilines is 3. The molecule has 0 N–H and O–H groups in total. The largest absolute Gasteiger partial charge is 0.456 e. The topological polar surface area (TPSA) is 16.4 Å². The van der Waals surface area contributed by atoms with E-state index < -0.39 is 0 Å². The molecule has 0 saturated heterocycles. The van der Waals surface area contributed by atoms with Gasteiger partial charge in [0.25, 0.3) is 0 Å². The minimum Gasteiger partial charge on any atom is -0.456 e. The lowest BCUT2D eigenvalue weighted by molar-refractivity contribution is 0.669. The van der Waals surface area contributed by atoms with Gasteiger partial charge in [0.2, 0.25) is 0 Å². The van der Waals surface area contributed by atoms with Crippen LogP contribution in [0, 0.1) is 0 Å². The summed E-state index contributed by atoms with van der Waals surface area (Å²) >= 11 is 0. The molecule has 0 unspecified atom stereocenters. The minimum absolute atomic E-state index is 0.862. The predicted molar refractivity (Wildman–Crippen MR) is 288 cm³/mol. The quantitative estimate of drug-likeness (QED) is 0.142. The van der Waals surface area contributed by atoms with E-state index in [1.807, 2.05) is 6.07 Å². The molecule has 2 heteroatoms. The summed E-state index contributed by atoms with van der Waals surface area (Å²) in [6.45, 7) is 0. The van der Waals surface area contributed by atoms with Gasteiger partial charge in [-0.05, 0) is 136 Å². The lowest BCUT2D eigenvalue weighted by Gasteiger charge is -2.26. The van der Waals surface area contributed by atoms with Gasteiger partial charge in [-0.3, -0.25) is 0 Å². The molecular weight excluding hydrogens is 823 g/mol. The summed E-state index contributed by atoms with van der Waals surface area (Å²) in [5, 5.41) is 9.69. The maximum absolute atomic E-state index is 6.45. The molecule has 1 aromatic heterocycles. The maximum Gasteiger partial charge on any atom is 0.137 e. The van der Waals surface area contributed by atoms with Crippen molar-refractivity contribution in [3.8, 4) is 55.6 Å². The van der Waals surface area contributed by atoms with E-state index in [0.717, 1.165) is 50.1 Å². The van der Waals surface area contributed by atoms with Gasteiger partial charge in [0.15, 0.2) is 0 Å². The van der Waals surface area contributed by atoms with Crippen molar-refractivity contribution in [2.45, 2.75) is 0 Å². The van der Waals surface area contributed by atoms with Crippen LogP contribution in [0.1, 0.15) is 0 Å². The Morgan fingerprint density at radius 1 is 0.265 bits per heavy atom. The molecule has 13 rings (SSSR count). The van der Waals surface area contributed by atoms with E-state index in [-0.39, 0.29) is 0 Å². The van der Waals surface area contributed by atoms with E-state index in [4.69, 9.17) is 4.42 Å². The van der Waals surface area contributed by atoms with Gasteiger partial charge in [0.1, 0.15) is 11.2 Å². The average Bonchev–Trinajstić information content (AvgIpc) is 3.81. The smallest absolute Gasteiger partial charge is 0.137 e. The highest BCUT2D eigenvalue weighted by Gasteiger charge is 2.21. The Labute approximate surface area is 395 Å². The lowest BCUT2D eigenvalue weighted by Crippen LogP contribution is -2.10. The number of hydrogen-bond acceptors (Lipinski definition) is 2. The molecule has 0 fully saturated rings. The van der Waals surface area contributed by atoms with E-state index in [1.54, 1.807) is 0 Å². The minimum atomic E-state index is 0.862. The zero-order valence-electron chi connectivity index (χ0n) is 37.2. The summed E-state index contributed by atoms with van der Waals surface area (Å²) in [5.41, 5.74) is 17.0. The third-order valence-corrected chi connectivity index (χ3v) is 13.7. The van der Waals surface area contributed by atoms with Gasteiger partial charge in [0, 0.05) is 16.8 Å². The fourth-order valence-corrected chi connectivity index (χ4v) is 10.5. The molecule has 1 heterocycles. The van der Waals surface area contributed by atoms with E-state index in [9.17, 15) is 0 Å². The Morgan fingerprint density at radius 3 is 1.43 bits per heavy atom. The average molecular weight is 866 g/mol. The fraction of sp³-hybridized carbons (Fsp3) is 0. The van der Waals surface area contributed by atoms with Gasteiger partial charge >= 0.3 is 0 Å². The first-order chi connectivity index (χ1) is 33.7. The highest BCUT2D eigenvalue weighted by molar-refractivity contribution is 6.22. The van der Waals surface area contributed by atoms with Crippen molar-refractivity contribution < 1.29 is 4.42 Å². The monoisotopic (exact) mass is 865 g/mol. The first-order valence-electron chi connectivity index (χ1n) is 23.3. The SMILES string of the molecule is c1ccc(-c2c(-c3ccccc3)c3cc(-c4ccc(N(c5ccc(-c6ccc(-c7cccc8ccccc78)cc6)cc5)c5cccc6oc7ccccc7c56)cc4)ccc3c3ccccc23)cc1. The summed E-state index contributed by atoms with van der Waals surface area (Å²) in [7, 11) is 0. The molecule has 13 aromatic rings. The van der Waals surface area contributed by atoms with E-state index in [0.29, 0.717) is 0 Å². The van der Waals surface area contributed by atoms with Crippen LogP contribution in [-0.4, -0.2) is 0 Å². The Kier molecular flexibility index (Phi) is 9.54. The van der Waals surface area contributed by atoms with Gasteiger partial charge in [-0.15, -0.1) is 0 Å². The molecule has 318 valence electrons. The molecule has 12 aromatic carbocycles. The molecule has 68 heavy (non-hydrogen) atoms. The molecule has 0 aliphatic carbocycles. The van der Waals surface area contributed by atoms with Crippen molar-refractivity contribution in [3.05, 3.63) is 261 Å². The van der Waals surface area contributed by atoms with Gasteiger partial charge in [-0.2, -0.15) is 0 Å². The van der Waals surface area contributed by atoms with Crippen LogP contribution in [0.15, 0.2) is 265 Å². The van der Waals surface area contributed by atoms with Crippen LogP contribution in [0.2, 0.25) is 0 Å². The second-order valence-corrected chi connectivity index (χ2v) is 17.6. The van der Waals surface area contributed by atoms with Crippen molar-refractivity contribution in [2.24, 2.45) is 0 Å². The predicted octanol–water partition coefficient (Wildman–Crippen LogP) is 18.9. The standard InChI is InChI=1S/C66H43NO/c1-3-16-49(17-4-1)64-58-23-10-9-22-56(58)57-42-37-51(43-60(57)65(64)50-18-5-2-6-19-50)46-35-40-53(41-36-46)67(61-26-14-28-63-66(61)59-24-11-12-27-62(59)68-63)52-38-33-45(34-39-52)44-29-31-48(32-30-44)55-25-13-20-47-15-7-8-21-54(47)55/h1-43H. The third-order valence-electron chi connectivity index (χ3n) is 13.7. The number of benzene rings is 12. The van der Waals surface area contributed by atoms with Crippen molar-refractivity contribution in [3.63, 3.8) is 0 Å². The Morgan fingerprint density at radius 2 is 0.735 bits per heavy atom. The maximum atomic E-state index is 6.45. The molecular formula is C66H43NO. The van der Waals surface area contributed by atoms with Gasteiger partial charge in [0.05, 0.1) is 11.1 Å². The molecule has 0 spiro atoms. The second-order valence-electron chi connectivity index (χ2n) is 17.6. The molecule has 0 saturated carbocycles. The fourth-order valence-electron chi connectivity index (χ4n) is 10.5. The van der Waals surface area contributed by atoms with Gasteiger partial charge in [-0.25, -0.2) is 0 Å². The van der Waals surface area contributed by atoms with Crippen molar-refractivity contribution in [2.75, 3.05) is 4.90 Å².